The normalized spacial score (nSPS) is 12.5. The van der Waals surface area contributed by atoms with E-state index in [9.17, 15) is 14.0 Å². The van der Waals surface area contributed by atoms with Crippen molar-refractivity contribution in [1.82, 2.24) is 4.57 Å². The summed E-state index contributed by atoms with van der Waals surface area (Å²) in [4.78, 5) is 22.1. The van der Waals surface area contributed by atoms with E-state index in [-0.39, 0.29) is 11.3 Å². The molecule has 1 aromatic heterocycles. The summed E-state index contributed by atoms with van der Waals surface area (Å²) >= 11 is 0. The Hall–Kier alpha value is -1.45. The SMILES string of the molecule is CC(=O)C(C)n1cc(F)ccc1=O. The topological polar surface area (TPSA) is 39.1 Å². The summed E-state index contributed by atoms with van der Waals surface area (Å²) in [6.07, 6.45) is 1.04. The molecular formula is C9H10FNO2. The van der Waals surface area contributed by atoms with E-state index in [4.69, 9.17) is 0 Å². The molecule has 0 radical (unpaired) electrons. The zero-order chi connectivity index (χ0) is 10.0. The van der Waals surface area contributed by atoms with Gasteiger partial charge in [0.05, 0.1) is 6.04 Å². The van der Waals surface area contributed by atoms with Crippen LogP contribution >= 0.6 is 0 Å². The number of ketones is 1. The van der Waals surface area contributed by atoms with E-state index in [0.717, 1.165) is 22.9 Å². The van der Waals surface area contributed by atoms with E-state index in [1.807, 2.05) is 0 Å². The summed E-state index contributed by atoms with van der Waals surface area (Å²) in [5, 5.41) is 0. The molecular weight excluding hydrogens is 173 g/mol. The lowest BCUT2D eigenvalue weighted by atomic mass is 10.2. The first-order valence-electron chi connectivity index (χ1n) is 3.90. The van der Waals surface area contributed by atoms with Gasteiger partial charge in [-0.15, -0.1) is 0 Å². The van der Waals surface area contributed by atoms with Crippen molar-refractivity contribution < 1.29 is 9.18 Å². The fraction of sp³-hybridized carbons (Fsp3) is 0.333. The Kier molecular flexibility index (Phi) is 2.60. The molecule has 3 nitrogen and oxygen atoms in total. The highest BCUT2D eigenvalue weighted by Crippen LogP contribution is 2.03. The van der Waals surface area contributed by atoms with E-state index < -0.39 is 11.9 Å². The monoisotopic (exact) mass is 183 g/mol. The van der Waals surface area contributed by atoms with E-state index in [1.54, 1.807) is 6.92 Å². The number of carbonyl (C=O) groups excluding carboxylic acids is 1. The van der Waals surface area contributed by atoms with Crippen molar-refractivity contribution in [3.8, 4) is 0 Å². The second-order valence-electron chi connectivity index (χ2n) is 2.88. The molecule has 0 bridgehead atoms. The van der Waals surface area contributed by atoms with E-state index in [0.29, 0.717) is 0 Å². The zero-order valence-electron chi connectivity index (χ0n) is 7.45. The summed E-state index contributed by atoms with van der Waals surface area (Å²) < 4.78 is 13.8. The highest BCUT2D eigenvalue weighted by atomic mass is 19.1. The molecule has 0 aliphatic carbocycles. The molecule has 4 heteroatoms. The summed E-state index contributed by atoms with van der Waals surface area (Å²) in [5.41, 5.74) is -0.371. The number of hydrogen-bond acceptors (Lipinski definition) is 2. The van der Waals surface area contributed by atoms with Crippen LogP contribution in [-0.4, -0.2) is 10.4 Å². The fourth-order valence-corrected chi connectivity index (χ4v) is 0.975. The molecule has 1 unspecified atom stereocenters. The maximum absolute atomic E-state index is 12.7. The van der Waals surface area contributed by atoms with Crippen molar-refractivity contribution in [2.75, 3.05) is 0 Å². The van der Waals surface area contributed by atoms with Gasteiger partial charge in [0.2, 0.25) is 0 Å². The maximum atomic E-state index is 12.7. The smallest absolute Gasteiger partial charge is 0.251 e. The number of aromatic nitrogens is 1. The first kappa shape index (κ1) is 9.64. The van der Waals surface area contributed by atoms with Gasteiger partial charge in [-0.25, -0.2) is 4.39 Å². The van der Waals surface area contributed by atoms with Crippen LogP contribution in [0.4, 0.5) is 4.39 Å². The Morgan fingerprint density at radius 3 is 2.69 bits per heavy atom. The van der Waals surface area contributed by atoms with E-state index in [1.165, 1.54) is 6.92 Å². The Balaban J connectivity index is 3.21. The van der Waals surface area contributed by atoms with Crippen LogP contribution < -0.4 is 5.56 Å². The van der Waals surface area contributed by atoms with Crippen molar-refractivity contribution in [2.24, 2.45) is 0 Å². The molecule has 1 aromatic rings. The van der Waals surface area contributed by atoms with Crippen LogP contribution in [-0.2, 0) is 4.79 Å². The highest BCUT2D eigenvalue weighted by Gasteiger charge is 2.11. The average molecular weight is 183 g/mol. The van der Waals surface area contributed by atoms with Gasteiger partial charge < -0.3 is 4.57 Å². The largest absolute Gasteiger partial charge is 0.302 e. The molecule has 0 spiro atoms. The molecule has 13 heavy (non-hydrogen) atoms. The minimum atomic E-state index is -0.608. The lowest BCUT2D eigenvalue weighted by molar-refractivity contribution is -0.119. The van der Waals surface area contributed by atoms with Crippen molar-refractivity contribution in [3.63, 3.8) is 0 Å². The Bertz CT molecular complexity index is 383. The van der Waals surface area contributed by atoms with Crippen molar-refractivity contribution in [3.05, 3.63) is 34.5 Å². The van der Waals surface area contributed by atoms with Crippen molar-refractivity contribution in [2.45, 2.75) is 19.9 Å². The molecule has 0 saturated carbocycles. The molecule has 0 fully saturated rings. The number of carbonyl (C=O) groups is 1. The van der Waals surface area contributed by atoms with Gasteiger partial charge in [-0.1, -0.05) is 0 Å². The van der Waals surface area contributed by atoms with Crippen LogP contribution in [0.1, 0.15) is 19.9 Å². The van der Waals surface area contributed by atoms with Gasteiger partial charge in [0.1, 0.15) is 5.82 Å². The number of hydrogen-bond donors (Lipinski definition) is 0. The molecule has 0 aromatic carbocycles. The van der Waals surface area contributed by atoms with E-state index >= 15 is 0 Å². The van der Waals surface area contributed by atoms with Crippen LogP contribution in [0, 0.1) is 5.82 Å². The third-order valence-electron chi connectivity index (χ3n) is 1.91. The second kappa shape index (κ2) is 3.51. The summed E-state index contributed by atoms with van der Waals surface area (Å²) in [6.45, 7) is 2.92. The van der Waals surface area contributed by atoms with Gasteiger partial charge in [-0.05, 0) is 19.9 Å². The molecule has 1 rings (SSSR count). The molecule has 0 saturated heterocycles. The lowest BCUT2D eigenvalue weighted by Gasteiger charge is -2.10. The Morgan fingerprint density at radius 1 is 1.54 bits per heavy atom. The van der Waals surface area contributed by atoms with Crippen molar-refractivity contribution >= 4 is 5.78 Å². The van der Waals surface area contributed by atoms with Gasteiger partial charge in [-0.2, -0.15) is 0 Å². The number of pyridine rings is 1. The first-order valence-corrected chi connectivity index (χ1v) is 3.90. The quantitative estimate of drug-likeness (QED) is 0.689. The highest BCUT2D eigenvalue weighted by molar-refractivity contribution is 5.79. The fourth-order valence-electron chi connectivity index (χ4n) is 0.975. The predicted octanol–water partition coefficient (Wildman–Crippen LogP) is 1.14. The minimum Gasteiger partial charge on any atom is -0.302 e. The van der Waals surface area contributed by atoms with Gasteiger partial charge in [0.25, 0.3) is 5.56 Å². The Labute approximate surface area is 74.8 Å². The van der Waals surface area contributed by atoms with Crippen LogP contribution in [0.15, 0.2) is 23.1 Å². The molecule has 0 amide bonds. The number of rotatable bonds is 2. The van der Waals surface area contributed by atoms with Gasteiger partial charge >= 0.3 is 0 Å². The van der Waals surface area contributed by atoms with Crippen molar-refractivity contribution in [1.29, 1.82) is 0 Å². The third-order valence-corrected chi connectivity index (χ3v) is 1.91. The van der Waals surface area contributed by atoms with Crippen LogP contribution in [0.5, 0.6) is 0 Å². The molecule has 1 heterocycles. The standard InChI is InChI=1S/C9H10FNO2/c1-6(7(2)12)11-5-8(10)3-4-9(11)13/h3-6H,1-2H3. The summed E-state index contributed by atoms with van der Waals surface area (Å²) in [6, 6.07) is 1.57. The molecule has 1 atom stereocenters. The lowest BCUT2D eigenvalue weighted by Crippen LogP contribution is -2.26. The molecule has 0 aliphatic rings. The zero-order valence-corrected chi connectivity index (χ0v) is 7.45. The van der Waals surface area contributed by atoms with Gasteiger partial charge in [-0.3, -0.25) is 9.59 Å². The van der Waals surface area contributed by atoms with Crippen LogP contribution in [0.3, 0.4) is 0 Å². The summed E-state index contributed by atoms with van der Waals surface area (Å²) in [7, 11) is 0. The average Bonchev–Trinajstić information content (AvgIpc) is 2.08. The van der Waals surface area contributed by atoms with E-state index in [2.05, 4.69) is 0 Å². The van der Waals surface area contributed by atoms with Crippen LogP contribution in [0.25, 0.3) is 0 Å². The number of Topliss-reactive ketones (excluding diaryl/α,β-unsaturated/α-hetero) is 1. The van der Waals surface area contributed by atoms with Crippen LogP contribution in [0.2, 0.25) is 0 Å². The first-order chi connectivity index (χ1) is 6.02. The number of halogens is 1. The second-order valence-corrected chi connectivity index (χ2v) is 2.88. The van der Waals surface area contributed by atoms with Gasteiger partial charge in [0, 0.05) is 12.3 Å². The Morgan fingerprint density at radius 2 is 2.15 bits per heavy atom. The molecule has 0 aliphatic heterocycles. The predicted molar refractivity (Wildman–Crippen MR) is 46.1 cm³/mol. The van der Waals surface area contributed by atoms with Gasteiger partial charge in [0.15, 0.2) is 5.78 Å². The maximum Gasteiger partial charge on any atom is 0.251 e. The molecule has 70 valence electrons. The third kappa shape index (κ3) is 2.02. The minimum absolute atomic E-state index is 0.173. The molecule has 0 N–H and O–H groups in total. The number of nitrogens with zero attached hydrogens (tertiary/aromatic N) is 1. The summed E-state index contributed by atoms with van der Waals surface area (Å²) in [5.74, 6) is -0.694.